The van der Waals surface area contributed by atoms with Crippen LogP contribution < -0.4 is 0 Å². The van der Waals surface area contributed by atoms with Crippen LogP contribution >= 0.6 is 0 Å². The first-order valence-electron chi connectivity index (χ1n) is 6.21. The SMILES string of the molecule is CCCC(C)(C)[Si](C)(C)OCCC=C(F)C=O. The molecule has 0 aliphatic heterocycles. The Morgan fingerprint density at radius 3 is 2.47 bits per heavy atom. The van der Waals surface area contributed by atoms with Gasteiger partial charge in [-0.1, -0.05) is 27.2 Å². The molecular formula is C13H25FO2Si. The Morgan fingerprint density at radius 2 is 2.00 bits per heavy atom. The topological polar surface area (TPSA) is 26.3 Å². The van der Waals surface area contributed by atoms with E-state index in [0.29, 0.717) is 13.0 Å². The third-order valence-corrected chi connectivity index (χ3v) is 7.97. The molecule has 0 aromatic rings. The number of hydrogen-bond acceptors (Lipinski definition) is 2. The Kier molecular flexibility index (Phi) is 6.86. The van der Waals surface area contributed by atoms with Crippen LogP contribution in [0.5, 0.6) is 0 Å². The summed E-state index contributed by atoms with van der Waals surface area (Å²) in [5.41, 5.74) is 0. The van der Waals surface area contributed by atoms with Crippen LogP contribution in [0.4, 0.5) is 4.39 Å². The van der Waals surface area contributed by atoms with Gasteiger partial charge in [-0.25, -0.2) is 4.39 Å². The van der Waals surface area contributed by atoms with Gasteiger partial charge >= 0.3 is 0 Å². The second kappa shape index (κ2) is 7.06. The fourth-order valence-electron chi connectivity index (χ4n) is 1.68. The molecule has 0 heterocycles. The maximum absolute atomic E-state index is 12.6. The summed E-state index contributed by atoms with van der Waals surface area (Å²) in [6.45, 7) is 11.5. The van der Waals surface area contributed by atoms with E-state index < -0.39 is 14.1 Å². The van der Waals surface area contributed by atoms with E-state index in [2.05, 4.69) is 33.9 Å². The van der Waals surface area contributed by atoms with Gasteiger partial charge < -0.3 is 4.43 Å². The van der Waals surface area contributed by atoms with E-state index in [4.69, 9.17) is 4.43 Å². The van der Waals surface area contributed by atoms with Crippen LogP contribution in [0.3, 0.4) is 0 Å². The predicted molar refractivity (Wildman–Crippen MR) is 72.3 cm³/mol. The summed E-state index contributed by atoms with van der Waals surface area (Å²) in [6, 6.07) is 0. The third-order valence-electron chi connectivity index (χ3n) is 3.54. The number of halogens is 1. The van der Waals surface area contributed by atoms with E-state index in [1.807, 2.05) is 0 Å². The zero-order valence-corrected chi connectivity index (χ0v) is 12.7. The van der Waals surface area contributed by atoms with E-state index in [-0.39, 0.29) is 11.3 Å². The minimum Gasteiger partial charge on any atom is -0.417 e. The van der Waals surface area contributed by atoms with Crippen molar-refractivity contribution in [1.82, 2.24) is 0 Å². The van der Waals surface area contributed by atoms with Gasteiger partial charge in [-0.2, -0.15) is 0 Å². The molecule has 0 aromatic carbocycles. The van der Waals surface area contributed by atoms with Gasteiger partial charge in [0.2, 0.25) is 0 Å². The fourth-order valence-corrected chi connectivity index (χ4v) is 3.55. The van der Waals surface area contributed by atoms with Crippen LogP contribution in [-0.4, -0.2) is 21.2 Å². The summed E-state index contributed by atoms with van der Waals surface area (Å²) in [5, 5.41) is 0.217. The molecule has 0 radical (unpaired) electrons. The van der Waals surface area contributed by atoms with Gasteiger partial charge in [-0.05, 0) is 37.0 Å². The monoisotopic (exact) mass is 260 g/mol. The summed E-state index contributed by atoms with van der Waals surface area (Å²) in [5.74, 6) is -0.708. The van der Waals surface area contributed by atoms with Crippen molar-refractivity contribution >= 4 is 14.6 Å². The average molecular weight is 260 g/mol. The fraction of sp³-hybridized carbons (Fsp3) is 0.769. The van der Waals surface area contributed by atoms with Crippen LogP contribution in [0.2, 0.25) is 18.1 Å². The number of allylic oxidation sites excluding steroid dienone is 1. The lowest BCUT2D eigenvalue weighted by Crippen LogP contribution is -2.42. The highest BCUT2D eigenvalue weighted by Crippen LogP contribution is 2.41. The van der Waals surface area contributed by atoms with Gasteiger partial charge in [0.05, 0.1) is 0 Å². The summed E-state index contributed by atoms with van der Waals surface area (Å²) >= 11 is 0. The molecule has 17 heavy (non-hydrogen) atoms. The molecule has 0 rings (SSSR count). The lowest BCUT2D eigenvalue weighted by atomic mass is 10.1. The molecule has 0 unspecified atom stereocenters. The molecule has 0 atom stereocenters. The Hall–Kier alpha value is -0.483. The number of carbonyl (C=O) groups is 1. The summed E-state index contributed by atoms with van der Waals surface area (Å²) in [4.78, 5) is 10.1. The van der Waals surface area contributed by atoms with E-state index in [9.17, 15) is 9.18 Å². The van der Waals surface area contributed by atoms with Crippen molar-refractivity contribution in [2.45, 2.75) is 58.2 Å². The van der Waals surface area contributed by atoms with Crippen molar-refractivity contribution in [2.75, 3.05) is 6.61 Å². The number of rotatable bonds is 8. The maximum atomic E-state index is 12.6. The van der Waals surface area contributed by atoms with E-state index in [1.165, 1.54) is 6.08 Å². The van der Waals surface area contributed by atoms with Crippen LogP contribution in [0.15, 0.2) is 11.9 Å². The normalized spacial score (nSPS) is 13.9. The molecule has 4 heteroatoms. The molecule has 0 fully saturated rings. The zero-order chi connectivity index (χ0) is 13.5. The summed E-state index contributed by atoms with van der Waals surface area (Å²) in [6.07, 6.45) is 4.26. The summed E-state index contributed by atoms with van der Waals surface area (Å²) in [7, 11) is -1.77. The molecule has 0 aliphatic rings. The van der Waals surface area contributed by atoms with E-state index in [1.54, 1.807) is 0 Å². The average Bonchev–Trinajstić information content (AvgIpc) is 2.23. The molecule has 0 spiro atoms. The first-order chi connectivity index (χ1) is 7.77. The molecule has 0 aliphatic carbocycles. The zero-order valence-electron chi connectivity index (χ0n) is 11.7. The molecule has 0 saturated heterocycles. The van der Waals surface area contributed by atoms with Crippen molar-refractivity contribution in [3.63, 3.8) is 0 Å². The quantitative estimate of drug-likeness (QED) is 0.282. The lowest BCUT2D eigenvalue weighted by molar-refractivity contribution is -0.106. The molecule has 0 aromatic heterocycles. The maximum Gasteiger partial charge on any atom is 0.192 e. The van der Waals surface area contributed by atoms with Crippen molar-refractivity contribution < 1.29 is 13.6 Å². The molecule has 0 bridgehead atoms. The van der Waals surface area contributed by atoms with Crippen molar-refractivity contribution in [3.05, 3.63) is 11.9 Å². The Labute approximate surface area is 105 Å². The second-order valence-electron chi connectivity index (χ2n) is 5.49. The van der Waals surface area contributed by atoms with Crippen LogP contribution in [-0.2, 0) is 9.22 Å². The highest BCUT2D eigenvalue weighted by atomic mass is 28.4. The molecule has 0 saturated carbocycles. The third kappa shape index (κ3) is 5.59. The highest BCUT2D eigenvalue weighted by molar-refractivity contribution is 6.74. The first-order valence-corrected chi connectivity index (χ1v) is 9.12. The molecule has 0 amide bonds. The van der Waals surface area contributed by atoms with Crippen molar-refractivity contribution in [2.24, 2.45) is 0 Å². The van der Waals surface area contributed by atoms with Gasteiger partial charge in [0, 0.05) is 6.61 Å². The summed E-state index contributed by atoms with van der Waals surface area (Å²) < 4.78 is 18.5. The second-order valence-corrected chi connectivity index (χ2v) is 10.2. The number of carbonyl (C=O) groups excluding carboxylic acids is 1. The van der Waals surface area contributed by atoms with Crippen molar-refractivity contribution in [1.29, 1.82) is 0 Å². The number of aldehydes is 1. The Morgan fingerprint density at radius 1 is 1.41 bits per heavy atom. The Balaban J connectivity index is 4.22. The van der Waals surface area contributed by atoms with E-state index >= 15 is 0 Å². The van der Waals surface area contributed by atoms with Gasteiger partial charge in [-0.15, -0.1) is 0 Å². The van der Waals surface area contributed by atoms with Crippen LogP contribution in [0, 0.1) is 0 Å². The molecule has 100 valence electrons. The number of hydrogen-bond donors (Lipinski definition) is 0. The minimum absolute atomic E-state index is 0.217. The molecular weight excluding hydrogens is 235 g/mol. The predicted octanol–water partition coefficient (Wildman–Crippen LogP) is 4.23. The minimum atomic E-state index is -1.77. The smallest absolute Gasteiger partial charge is 0.192 e. The van der Waals surface area contributed by atoms with Gasteiger partial charge in [0.1, 0.15) is 0 Å². The highest BCUT2D eigenvalue weighted by Gasteiger charge is 2.39. The van der Waals surface area contributed by atoms with E-state index in [0.717, 1.165) is 12.8 Å². The van der Waals surface area contributed by atoms with Gasteiger partial charge in [0.15, 0.2) is 20.4 Å². The Bertz CT molecular complexity index is 273. The van der Waals surface area contributed by atoms with Gasteiger partial charge in [-0.3, -0.25) is 4.79 Å². The van der Waals surface area contributed by atoms with Crippen LogP contribution in [0.25, 0.3) is 0 Å². The van der Waals surface area contributed by atoms with Crippen LogP contribution in [0.1, 0.15) is 40.0 Å². The lowest BCUT2D eigenvalue weighted by Gasteiger charge is -2.39. The standard InChI is InChI=1S/C13H25FO2Si/c1-6-9-13(2,3)17(4,5)16-10-7-8-12(14)11-15/h8,11H,6-7,9-10H2,1-5H3. The largest absolute Gasteiger partial charge is 0.417 e. The van der Waals surface area contributed by atoms with Crippen molar-refractivity contribution in [3.8, 4) is 0 Å². The first kappa shape index (κ1) is 16.5. The molecule has 0 N–H and O–H groups in total. The molecule has 2 nitrogen and oxygen atoms in total. The van der Waals surface area contributed by atoms with Gasteiger partial charge in [0.25, 0.3) is 0 Å².